The lowest BCUT2D eigenvalue weighted by atomic mass is 10.1. The molecular formula is C8H10Cl2NPS. The minimum Gasteiger partial charge on any atom is -0.258 e. The van der Waals surface area contributed by atoms with E-state index >= 15 is 0 Å². The number of hydrogen-bond donors (Lipinski definition) is 1. The molecule has 1 nitrogen and oxygen atoms in total. The normalized spacial score (nSPS) is 14.1. The molecule has 0 aliphatic carbocycles. The maximum absolute atomic E-state index is 5.76. The largest absolute Gasteiger partial charge is 0.258 e. The van der Waals surface area contributed by atoms with Crippen LogP contribution in [0.1, 0.15) is 18.5 Å². The van der Waals surface area contributed by atoms with E-state index in [1.54, 1.807) is 0 Å². The molecule has 0 saturated heterocycles. The van der Waals surface area contributed by atoms with Crippen molar-refractivity contribution in [3.8, 4) is 0 Å². The first-order valence-electron chi connectivity index (χ1n) is 3.81. The predicted molar refractivity (Wildman–Crippen MR) is 64.0 cm³/mol. The first kappa shape index (κ1) is 11.5. The second-order valence-corrected chi connectivity index (χ2v) is 10.3. The van der Waals surface area contributed by atoms with Gasteiger partial charge in [-0.3, -0.25) is 5.09 Å². The SMILES string of the molecule is C[C@H](NP(=S)(Cl)Cl)c1ccccc1. The van der Waals surface area contributed by atoms with E-state index in [0.29, 0.717) is 0 Å². The molecule has 5 heteroatoms. The summed E-state index contributed by atoms with van der Waals surface area (Å²) in [5.74, 6) is 0. The first-order chi connectivity index (χ1) is 5.99. The number of hydrogen-bond acceptors (Lipinski definition) is 1. The van der Waals surface area contributed by atoms with Gasteiger partial charge < -0.3 is 0 Å². The third-order valence-corrected chi connectivity index (χ3v) is 3.23. The van der Waals surface area contributed by atoms with Crippen LogP contribution < -0.4 is 5.09 Å². The van der Waals surface area contributed by atoms with Crippen molar-refractivity contribution in [1.82, 2.24) is 5.09 Å². The van der Waals surface area contributed by atoms with E-state index in [4.69, 9.17) is 34.3 Å². The summed E-state index contributed by atoms with van der Waals surface area (Å²) in [6.45, 7) is 1.99. The predicted octanol–water partition coefficient (Wildman–Crippen LogP) is 4.04. The molecule has 1 N–H and O–H groups in total. The quantitative estimate of drug-likeness (QED) is 0.817. The summed E-state index contributed by atoms with van der Waals surface area (Å²) in [4.78, 5) is -2.36. The monoisotopic (exact) mass is 253 g/mol. The highest BCUT2D eigenvalue weighted by Gasteiger charge is 2.13. The highest BCUT2D eigenvalue weighted by Crippen LogP contribution is 2.54. The number of halogens is 2. The lowest BCUT2D eigenvalue weighted by Gasteiger charge is -2.16. The van der Waals surface area contributed by atoms with Gasteiger partial charge in [-0.1, -0.05) is 52.8 Å². The van der Waals surface area contributed by atoms with Crippen molar-refractivity contribution in [1.29, 1.82) is 0 Å². The van der Waals surface area contributed by atoms with Gasteiger partial charge in [0.1, 0.15) is 0 Å². The maximum Gasteiger partial charge on any atom is 0.181 e. The van der Waals surface area contributed by atoms with E-state index in [-0.39, 0.29) is 6.04 Å². The fraction of sp³-hybridized carbons (Fsp3) is 0.250. The van der Waals surface area contributed by atoms with Crippen molar-refractivity contribution in [2.24, 2.45) is 0 Å². The molecular weight excluding hydrogens is 244 g/mol. The van der Waals surface area contributed by atoms with Crippen molar-refractivity contribution < 1.29 is 0 Å². The molecule has 1 aromatic carbocycles. The van der Waals surface area contributed by atoms with Gasteiger partial charge in [-0.05, 0) is 24.3 Å². The van der Waals surface area contributed by atoms with Gasteiger partial charge >= 0.3 is 0 Å². The molecule has 13 heavy (non-hydrogen) atoms. The Labute approximate surface area is 93.1 Å². The molecule has 0 heterocycles. The van der Waals surface area contributed by atoms with Gasteiger partial charge in [0.25, 0.3) is 0 Å². The number of nitrogens with one attached hydrogen (secondary N) is 1. The van der Waals surface area contributed by atoms with Crippen molar-refractivity contribution in [3.63, 3.8) is 0 Å². The second-order valence-electron chi connectivity index (χ2n) is 2.72. The fourth-order valence-corrected chi connectivity index (χ4v) is 2.99. The smallest absolute Gasteiger partial charge is 0.181 e. The average Bonchev–Trinajstić information content (AvgIpc) is 2.03. The molecule has 0 fully saturated rings. The van der Waals surface area contributed by atoms with Gasteiger partial charge in [-0.25, -0.2) is 0 Å². The highest BCUT2D eigenvalue weighted by atomic mass is 35.9. The molecule has 72 valence electrons. The molecule has 0 saturated carbocycles. The Morgan fingerprint density at radius 1 is 1.31 bits per heavy atom. The molecule has 0 bridgehead atoms. The Bertz CT molecular complexity index is 311. The number of rotatable bonds is 3. The van der Waals surface area contributed by atoms with Crippen molar-refractivity contribution in [2.75, 3.05) is 0 Å². The van der Waals surface area contributed by atoms with Crippen LogP contribution in [-0.4, -0.2) is 0 Å². The average molecular weight is 254 g/mol. The molecule has 0 amide bonds. The van der Waals surface area contributed by atoms with Crippen molar-refractivity contribution in [3.05, 3.63) is 35.9 Å². The van der Waals surface area contributed by atoms with Gasteiger partial charge in [-0.15, -0.1) is 0 Å². The summed E-state index contributed by atoms with van der Waals surface area (Å²) in [7, 11) is 0. The summed E-state index contributed by atoms with van der Waals surface area (Å²) in [6, 6.07) is 10.0. The van der Waals surface area contributed by atoms with E-state index in [9.17, 15) is 0 Å². The second kappa shape index (κ2) is 4.77. The maximum atomic E-state index is 5.76. The van der Waals surface area contributed by atoms with Crippen LogP contribution in [0, 0.1) is 0 Å². The van der Waals surface area contributed by atoms with Gasteiger partial charge in [-0.2, -0.15) is 0 Å². The Balaban J connectivity index is 2.70. The van der Waals surface area contributed by atoms with Gasteiger partial charge in [0.05, 0.1) is 0 Å². The van der Waals surface area contributed by atoms with Crippen LogP contribution in [0.15, 0.2) is 30.3 Å². The summed E-state index contributed by atoms with van der Waals surface area (Å²) in [6.07, 6.45) is 0. The van der Waals surface area contributed by atoms with E-state index in [1.165, 1.54) is 0 Å². The Kier molecular flexibility index (Phi) is 4.21. The van der Waals surface area contributed by atoms with Crippen LogP contribution in [0.25, 0.3) is 0 Å². The van der Waals surface area contributed by atoms with Gasteiger partial charge in [0.2, 0.25) is 0 Å². The lowest BCUT2D eigenvalue weighted by molar-refractivity contribution is 0.751. The zero-order valence-corrected chi connectivity index (χ0v) is 10.3. The zero-order valence-electron chi connectivity index (χ0n) is 7.08. The van der Waals surface area contributed by atoms with Crippen LogP contribution in [-0.2, 0) is 11.8 Å². The minimum absolute atomic E-state index is 0.0991. The molecule has 1 aromatic rings. The third-order valence-electron chi connectivity index (χ3n) is 1.64. The zero-order chi connectivity index (χ0) is 9.90. The summed E-state index contributed by atoms with van der Waals surface area (Å²) < 4.78 is 0. The first-order valence-corrected chi connectivity index (χ1v) is 8.42. The lowest BCUT2D eigenvalue weighted by Crippen LogP contribution is -2.10. The highest BCUT2D eigenvalue weighted by molar-refractivity contribution is 8.38. The molecule has 1 atom stereocenters. The molecule has 0 unspecified atom stereocenters. The van der Waals surface area contributed by atoms with Crippen LogP contribution in [0.4, 0.5) is 0 Å². The molecule has 0 aliphatic heterocycles. The standard InChI is InChI=1S/C8H10Cl2NPS/c1-7(11-12(9,10)13)8-5-3-2-4-6-8/h2-7H,1H3,(H,11,13)/t7-/m0/s1. The summed E-state index contributed by atoms with van der Waals surface area (Å²) in [5, 5.41) is 2.99. The summed E-state index contributed by atoms with van der Waals surface area (Å²) >= 11 is 16.4. The molecule has 0 aromatic heterocycles. The van der Waals surface area contributed by atoms with E-state index in [0.717, 1.165) is 5.56 Å². The number of benzene rings is 1. The Morgan fingerprint density at radius 2 is 1.85 bits per heavy atom. The molecule has 0 radical (unpaired) electrons. The Hall–Kier alpha value is 0.410. The Morgan fingerprint density at radius 3 is 2.31 bits per heavy atom. The topological polar surface area (TPSA) is 12.0 Å². The van der Waals surface area contributed by atoms with Crippen molar-refractivity contribution >= 4 is 39.2 Å². The van der Waals surface area contributed by atoms with Crippen LogP contribution in [0.3, 0.4) is 0 Å². The summed E-state index contributed by atoms with van der Waals surface area (Å²) in [5.41, 5.74) is 1.14. The van der Waals surface area contributed by atoms with Gasteiger partial charge in [0, 0.05) is 6.04 Å². The van der Waals surface area contributed by atoms with Crippen LogP contribution >= 0.6 is 27.4 Å². The van der Waals surface area contributed by atoms with E-state index in [2.05, 4.69) is 5.09 Å². The van der Waals surface area contributed by atoms with Crippen LogP contribution in [0.5, 0.6) is 0 Å². The van der Waals surface area contributed by atoms with Gasteiger partial charge in [0.15, 0.2) is 4.89 Å². The van der Waals surface area contributed by atoms with Crippen LogP contribution in [0.2, 0.25) is 0 Å². The van der Waals surface area contributed by atoms with E-state index < -0.39 is 4.89 Å². The van der Waals surface area contributed by atoms with Crippen molar-refractivity contribution in [2.45, 2.75) is 13.0 Å². The molecule has 0 aliphatic rings. The minimum atomic E-state index is -2.36. The van der Waals surface area contributed by atoms with E-state index in [1.807, 2.05) is 37.3 Å². The molecule has 0 spiro atoms. The third kappa shape index (κ3) is 4.44. The fourth-order valence-electron chi connectivity index (χ4n) is 1.04. The molecule has 1 rings (SSSR count).